The van der Waals surface area contributed by atoms with Crippen molar-refractivity contribution in [1.82, 2.24) is 5.32 Å². The number of hydrogen-bond acceptors (Lipinski definition) is 2. The third kappa shape index (κ3) is 2.89. The van der Waals surface area contributed by atoms with Crippen molar-refractivity contribution in [3.63, 3.8) is 0 Å². The van der Waals surface area contributed by atoms with Gasteiger partial charge in [-0.25, -0.2) is 0 Å². The average molecular weight is 312 g/mol. The molecular formula is C15H22BrNO. The lowest BCUT2D eigenvalue weighted by Crippen LogP contribution is -2.26. The summed E-state index contributed by atoms with van der Waals surface area (Å²) in [6, 6.07) is 4.52. The van der Waals surface area contributed by atoms with Crippen molar-refractivity contribution in [2.75, 3.05) is 20.2 Å². The van der Waals surface area contributed by atoms with E-state index >= 15 is 0 Å². The summed E-state index contributed by atoms with van der Waals surface area (Å²) in [7, 11) is 1.76. The third-order valence-electron chi connectivity index (χ3n) is 3.72. The molecule has 1 N–H and O–H groups in total. The number of benzene rings is 1. The van der Waals surface area contributed by atoms with Gasteiger partial charge in [-0.3, -0.25) is 0 Å². The minimum Gasteiger partial charge on any atom is -0.496 e. The predicted molar refractivity (Wildman–Crippen MR) is 79.6 cm³/mol. The van der Waals surface area contributed by atoms with Gasteiger partial charge in [0.2, 0.25) is 0 Å². The van der Waals surface area contributed by atoms with Gasteiger partial charge < -0.3 is 10.1 Å². The van der Waals surface area contributed by atoms with E-state index < -0.39 is 0 Å². The third-order valence-corrected chi connectivity index (χ3v) is 4.38. The van der Waals surface area contributed by atoms with E-state index in [9.17, 15) is 0 Å². The Bertz CT molecular complexity index is 411. The van der Waals surface area contributed by atoms with E-state index in [1.165, 1.54) is 28.4 Å². The summed E-state index contributed by atoms with van der Waals surface area (Å²) >= 11 is 3.71. The molecule has 0 atom stereocenters. The van der Waals surface area contributed by atoms with Crippen molar-refractivity contribution in [2.45, 2.75) is 38.5 Å². The molecule has 1 fully saturated rings. The highest BCUT2D eigenvalue weighted by molar-refractivity contribution is 9.10. The number of ether oxygens (including phenoxy) is 1. The summed E-state index contributed by atoms with van der Waals surface area (Å²) in [5, 5.41) is 3.41. The monoisotopic (exact) mass is 311 g/mol. The quantitative estimate of drug-likeness (QED) is 0.909. The number of nitrogens with one attached hydrogen (secondary N) is 1. The van der Waals surface area contributed by atoms with Gasteiger partial charge in [0.1, 0.15) is 5.75 Å². The van der Waals surface area contributed by atoms with Gasteiger partial charge in [-0.15, -0.1) is 0 Å². The maximum absolute atomic E-state index is 5.57. The van der Waals surface area contributed by atoms with Crippen molar-refractivity contribution < 1.29 is 4.74 Å². The smallest absolute Gasteiger partial charge is 0.123 e. The summed E-state index contributed by atoms with van der Waals surface area (Å²) in [4.78, 5) is 0. The van der Waals surface area contributed by atoms with Crippen LogP contribution < -0.4 is 10.1 Å². The Morgan fingerprint density at radius 3 is 2.50 bits per heavy atom. The number of piperidine rings is 1. The Balaban J connectivity index is 2.35. The van der Waals surface area contributed by atoms with E-state index in [4.69, 9.17) is 4.74 Å². The zero-order chi connectivity index (χ0) is 13.1. The van der Waals surface area contributed by atoms with Gasteiger partial charge >= 0.3 is 0 Å². The Kier molecular flexibility index (Phi) is 4.68. The topological polar surface area (TPSA) is 21.3 Å². The van der Waals surface area contributed by atoms with Crippen LogP contribution >= 0.6 is 15.9 Å². The zero-order valence-electron chi connectivity index (χ0n) is 11.4. The van der Waals surface area contributed by atoms with Crippen LogP contribution in [-0.2, 0) is 0 Å². The van der Waals surface area contributed by atoms with E-state index in [1.807, 2.05) is 0 Å². The molecule has 3 heteroatoms. The Labute approximate surface area is 118 Å². The average Bonchev–Trinajstić information content (AvgIpc) is 2.38. The van der Waals surface area contributed by atoms with Gasteiger partial charge in [-0.05, 0) is 55.5 Å². The molecule has 1 saturated heterocycles. The van der Waals surface area contributed by atoms with E-state index in [-0.39, 0.29) is 0 Å². The van der Waals surface area contributed by atoms with Crippen LogP contribution in [0, 0.1) is 0 Å². The highest BCUT2D eigenvalue weighted by atomic mass is 79.9. The summed E-state index contributed by atoms with van der Waals surface area (Å²) in [5.74, 6) is 2.15. The van der Waals surface area contributed by atoms with Crippen LogP contribution in [0.2, 0.25) is 0 Å². The molecule has 0 radical (unpaired) electrons. The molecule has 0 aliphatic carbocycles. The van der Waals surface area contributed by atoms with E-state index in [0.717, 1.165) is 18.8 Å². The second-order valence-corrected chi connectivity index (χ2v) is 6.15. The first-order chi connectivity index (χ1) is 8.63. The van der Waals surface area contributed by atoms with Crippen LogP contribution in [0.1, 0.15) is 49.7 Å². The molecule has 100 valence electrons. The molecule has 2 nitrogen and oxygen atoms in total. The van der Waals surface area contributed by atoms with Crippen LogP contribution in [0.15, 0.2) is 16.6 Å². The fraction of sp³-hybridized carbons (Fsp3) is 0.600. The molecular weight excluding hydrogens is 290 g/mol. The fourth-order valence-electron chi connectivity index (χ4n) is 2.73. The lowest BCUT2D eigenvalue weighted by atomic mass is 9.88. The maximum Gasteiger partial charge on any atom is 0.123 e. The highest BCUT2D eigenvalue weighted by Crippen LogP contribution is 2.38. The van der Waals surface area contributed by atoms with E-state index in [0.29, 0.717) is 11.8 Å². The van der Waals surface area contributed by atoms with E-state index in [1.54, 1.807) is 7.11 Å². The second kappa shape index (κ2) is 6.07. The Morgan fingerprint density at radius 1 is 1.28 bits per heavy atom. The minimum atomic E-state index is 0.469. The van der Waals surface area contributed by atoms with Gasteiger partial charge in [0.05, 0.1) is 7.11 Å². The standard InChI is InChI=1S/C15H22BrNO/c1-10(2)15-13(16)8-12(9-14(15)18-3)11-4-6-17-7-5-11/h8-11,17H,4-7H2,1-3H3. The second-order valence-electron chi connectivity index (χ2n) is 5.30. The van der Waals surface area contributed by atoms with Gasteiger partial charge in [-0.1, -0.05) is 29.8 Å². The van der Waals surface area contributed by atoms with E-state index in [2.05, 4.69) is 47.2 Å². The molecule has 1 aromatic carbocycles. The number of halogens is 1. The number of methoxy groups -OCH3 is 1. The number of rotatable bonds is 3. The van der Waals surface area contributed by atoms with Gasteiger partial charge in [0.25, 0.3) is 0 Å². The summed E-state index contributed by atoms with van der Waals surface area (Å²) in [5.41, 5.74) is 2.68. The first-order valence-electron chi connectivity index (χ1n) is 6.71. The maximum atomic E-state index is 5.57. The molecule has 1 aliphatic rings. The first kappa shape index (κ1) is 13.9. The van der Waals surface area contributed by atoms with Gasteiger partial charge in [-0.2, -0.15) is 0 Å². The molecule has 1 heterocycles. The predicted octanol–water partition coefficient (Wildman–Crippen LogP) is 4.05. The molecule has 0 aromatic heterocycles. The molecule has 1 aromatic rings. The summed E-state index contributed by atoms with van der Waals surface area (Å²) in [6.45, 7) is 6.65. The number of hydrogen-bond donors (Lipinski definition) is 1. The normalized spacial score (nSPS) is 17.2. The highest BCUT2D eigenvalue weighted by Gasteiger charge is 2.19. The van der Waals surface area contributed by atoms with Crippen LogP contribution in [0.25, 0.3) is 0 Å². The molecule has 0 bridgehead atoms. The van der Waals surface area contributed by atoms with Crippen molar-refractivity contribution in [3.8, 4) is 5.75 Å². The van der Waals surface area contributed by atoms with Crippen LogP contribution in [-0.4, -0.2) is 20.2 Å². The molecule has 1 aliphatic heterocycles. The van der Waals surface area contributed by atoms with Gasteiger partial charge in [0.15, 0.2) is 0 Å². The first-order valence-corrected chi connectivity index (χ1v) is 7.50. The molecule has 0 spiro atoms. The van der Waals surface area contributed by atoms with Crippen molar-refractivity contribution >= 4 is 15.9 Å². The minimum absolute atomic E-state index is 0.469. The largest absolute Gasteiger partial charge is 0.496 e. The van der Waals surface area contributed by atoms with Crippen LogP contribution in [0.4, 0.5) is 0 Å². The summed E-state index contributed by atoms with van der Waals surface area (Å²) in [6.07, 6.45) is 2.44. The SMILES string of the molecule is COc1cc(C2CCNCC2)cc(Br)c1C(C)C. The fourth-order valence-corrected chi connectivity index (χ4v) is 3.65. The lowest BCUT2D eigenvalue weighted by Gasteiger charge is -2.25. The van der Waals surface area contributed by atoms with Crippen molar-refractivity contribution in [1.29, 1.82) is 0 Å². The molecule has 0 unspecified atom stereocenters. The molecule has 2 rings (SSSR count). The van der Waals surface area contributed by atoms with Gasteiger partial charge in [0, 0.05) is 10.0 Å². The zero-order valence-corrected chi connectivity index (χ0v) is 13.0. The van der Waals surface area contributed by atoms with Crippen LogP contribution in [0.3, 0.4) is 0 Å². The molecule has 0 amide bonds. The Morgan fingerprint density at radius 2 is 1.94 bits per heavy atom. The van der Waals surface area contributed by atoms with Crippen LogP contribution in [0.5, 0.6) is 5.75 Å². The summed E-state index contributed by atoms with van der Waals surface area (Å²) < 4.78 is 6.76. The lowest BCUT2D eigenvalue weighted by molar-refractivity contribution is 0.403. The Hall–Kier alpha value is -0.540. The van der Waals surface area contributed by atoms with Crippen molar-refractivity contribution in [2.24, 2.45) is 0 Å². The van der Waals surface area contributed by atoms with Crippen molar-refractivity contribution in [3.05, 3.63) is 27.7 Å². The molecule has 18 heavy (non-hydrogen) atoms. The molecule has 0 saturated carbocycles.